The van der Waals surface area contributed by atoms with E-state index in [-0.39, 0.29) is 0 Å². The maximum Gasteiger partial charge on any atom is 0.0110 e. The van der Waals surface area contributed by atoms with Crippen molar-refractivity contribution in [3.63, 3.8) is 0 Å². The summed E-state index contributed by atoms with van der Waals surface area (Å²) in [7, 11) is 0. The Hall–Kier alpha value is -0.280. The molecule has 0 atom stereocenters. The summed E-state index contributed by atoms with van der Waals surface area (Å²) < 4.78 is 0. The van der Waals surface area contributed by atoms with Crippen molar-refractivity contribution in [1.82, 2.24) is 34.3 Å². The highest BCUT2D eigenvalue weighted by Gasteiger charge is 2.19. The molecule has 0 spiro atoms. The van der Waals surface area contributed by atoms with Gasteiger partial charge in [-0.15, -0.1) is 0 Å². The van der Waals surface area contributed by atoms with Gasteiger partial charge in [0.2, 0.25) is 0 Å². The molecule has 0 aromatic rings. The van der Waals surface area contributed by atoms with Gasteiger partial charge in [-0.25, -0.2) is 0 Å². The average Bonchev–Trinajstić information content (AvgIpc) is 3.76. The van der Waals surface area contributed by atoms with E-state index in [1.165, 1.54) is 202 Å². The summed E-state index contributed by atoms with van der Waals surface area (Å²) in [5.41, 5.74) is 0. The molecule has 228 valence electrons. The smallest absolute Gasteiger partial charge is 0.0110 e. The van der Waals surface area contributed by atoms with Crippen molar-refractivity contribution in [2.75, 3.05) is 137 Å². The van der Waals surface area contributed by atoms with Gasteiger partial charge in [0.05, 0.1) is 0 Å². The lowest BCUT2D eigenvalue weighted by molar-refractivity contribution is 0.124. The van der Waals surface area contributed by atoms with Crippen LogP contribution in [0.5, 0.6) is 0 Å². The van der Waals surface area contributed by atoms with Crippen molar-refractivity contribution in [2.45, 2.75) is 71.1 Å². The first-order chi connectivity index (χ1) is 19.3. The van der Waals surface area contributed by atoms with Gasteiger partial charge in [-0.05, 0) is 149 Å². The van der Waals surface area contributed by atoms with E-state index >= 15 is 0 Å². The van der Waals surface area contributed by atoms with Crippen LogP contribution in [0.15, 0.2) is 0 Å². The van der Waals surface area contributed by atoms with E-state index in [0.717, 1.165) is 0 Å². The van der Waals surface area contributed by atoms with Crippen LogP contribution < -0.4 is 0 Å². The summed E-state index contributed by atoms with van der Waals surface area (Å²) in [6, 6.07) is 0. The molecular weight excluding hydrogens is 482 g/mol. The molecular formula is C32H65N7. The van der Waals surface area contributed by atoms with Crippen molar-refractivity contribution in [3.8, 4) is 0 Å². The molecule has 5 fully saturated rings. The molecule has 0 bridgehead atoms. The summed E-state index contributed by atoms with van der Waals surface area (Å²) in [5.74, 6) is 0. The van der Waals surface area contributed by atoms with Gasteiger partial charge in [-0.1, -0.05) is 6.92 Å². The number of rotatable bonds is 14. The molecule has 0 amide bonds. The Balaban J connectivity index is 0.000000187. The first-order valence-electron chi connectivity index (χ1n) is 17.3. The molecule has 39 heavy (non-hydrogen) atoms. The van der Waals surface area contributed by atoms with E-state index in [0.29, 0.717) is 0 Å². The number of hydrogen-bond donors (Lipinski definition) is 0. The normalized spacial score (nSPS) is 25.5. The zero-order chi connectivity index (χ0) is 27.0. The summed E-state index contributed by atoms with van der Waals surface area (Å²) >= 11 is 0. The van der Waals surface area contributed by atoms with Crippen LogP contribution in [0.3, 0.4) is 0 Å². The number of nitrogens with zero attached hydrogens (tertiary/aromatic N) is 7. The standard InChI is InChI=1S/C18H36N4.C14H29N3/c1-2-8-19(7-1)11-5-13-21-15-17-22(18-16-21)14-6-12-20-9-3-4-10-20;1-2-6-15-11-13-17(14-12-15)10-5-9-16-7-3-4-8-16/h1-18H2;2-14H2,1H3. The predicted octanol–water partition coefficient (Wildman–Crippen LogP) is 3.08. The van der Waals surface area contributed by atoms with Crippen molar-refractivity contribution < 1.29 is 0 Å². The third kappa shape index (κ3) is 12.6. The van der Waals surface area contributed by atoms with Crippen LogP contribution in [0.25, 0.3) is 0 Å². The zero-order valence-electron chi connectivity index (χ0n) is 26.1. The first kappa shape index (κ1) is 31.7. The summed E-state index contributed by atoms with van der Waals surface area (Å²) in [4.78, 5) is 18.6. The van der Waals surface area contributed by atoms with Gasteiger partial charge in [0.25, 0.3) is 0 Å². The Labute approximate surface area is 242 Å². The van der Waals surface area contributed by atoms with Crippen LogP contribution in [0.2, 0.25) is 0 Å². The molecule has 0 radical (unpaired) electrons. The quantitative estimate of drug-likeness (QED) is 0.329. The highest BCUT2D eigenvalue weighted by Crippen LogP contribution is 2.11. The Morgan fingerprint density at radius 1 is 0.282 bits per heavy atom. The Morgan fingerprint density at radius 2 is 0.487 bits per heavy atom. The second-order valence-corrected chi connectivity index (χ2v) is 13.1. The van der Waals surface area contributed by atoms with Gasteiger partial charge >= 0.3 is 0 Å². The molecule has 0 unspecified atom stereocenters. The minimum absolute atomic E-state index is 1.29. The summed E-state index contributed by atoms with van der Waals surface area (Å²) in [6.45, 7) is 30.0. The molecule has 5 heterocycles. The number of piperazine rings is 2. The Morgan fingerprint density at radius 3 is 0.718 bits per heavy atom. The SMILES string of the molecule is C1CCN(CCCN2CCN(CCCN3CCCC3)CC2)C1.CCCN1CCN(CCCN2CCCC2)CC1. The Kier molecular flexibility index (Phi) is 15.4. The van der Waals surface area contributed by atoms with Crippen LogP contribution in [0, 0.1) is 0 Å². The monoisotopic (exact) mass is 548 g/mol. The van der Waals surface area contributed by atoms with Gasteiger partial charge < -0.3 is 34.3 Å². The lowest BCUT2D eigenvalue weighted by Crippen LogP contribution is -2.47. The lowest BCUT2D eigenvalue weighted by Gasteiger charge is -2.35. The van der Waals surface area contributed by atoms with E-state index in [1.807, 2.05) is 0 Å². The van der Waals surface area contributed by atoms with Crippen LogP contribution in [0.4, 0.5) is 0 Å². The fourth-order valence-corrected chi connectivity index (χ4v) is 7.36. The molecule has 0 aromatic heterocycles. The second kappa shape index (κ2) is 19.0. The second-order valence-electron chi connectivity index (χ2n) is 13.1. The van der Waals surface area contributed by atoms with Gasteiger partial charge in [-0.3, -0.25) is 0 Å². The third-order valence-corrected chi connectivity index (χ3v) is 9.91. The third-order valence-electron chi connectivity index (χ3n) is 9.91. The van der Waals surface area contributed by atoms with Gasteiger partial charge in [0, 0.05) is 52.4 Å². The maximum atomic E-state index is 2.69. The van der Waals surface area contributed by atoms with E-state index < -0.39 is 0 Å². The van der Waals surface area contributed by atoms with E-state index in [1.54, 1.807) is 0 Å². The van der Waals surface area contributed by atoms with Crippen LogP contribution in [-0.4, -0.2) is 172 Å². The van der Waals surface area contributed by atoms with Crippen molar-refractivity contribution >= 4 is 0 Å². The summed E-state index contributed by atoms with van der Waals surface area (Å²) in [5, 5.41) is 0. The number of likely N-dealkylation sites (tertiary alicyclic amines) is 3. The topological polar surface area (TPSA) is 22.7 Å². The van der Waals surface area contributed by atoms with Crippen LogP contribution >= 0.6 is 0 Å². The highest BCUT2D eigenvalue weighted by molar-refractivity contribution is 4.75. The zero-order valence-corrected chi connectivity index (χ0v) is 26.1. The fraction of sp³-hybridized carbons (Fsp3) is 1.00. The van der Waals surface area contributed by atoms with E-state index in [4.69, 9.17) is 0 Å². The molecule has 5 saturated heterocycles. The van der Waals surface area contributed by atoms with E-state index in [2.05, 4.69) is 41.2 Å². The Bertz CT molecular complexity index is 555. The molecule has 0 saturated carbocycles. The van der Waals surface area contributed by atoms with Crippen molar-refractivity contribution in [3.05, 3.63) is 0 Å². The van der Waals surface area contributed by atoms with Crippen LogP contribution in [-0.2, 0) is 0 Å². The average molecular weight is 548 g/mol. The van der Waals surface area contributed by atoms with Crippen LogP contribution in [0.1, 0.15) is 71.1 Å². The van der Waals surface area contributed by atoms with Gasteiger partial charge in [-0.2, -0.15) is 0 Å². The maximum absolute atomic E-state index is 2.69. The number of hydrogen-bond acceptors (Lipinski definition) is 7. The minimum Gasteiger partial charge on any atom is -0.303 e. The fourth-order valence-electron chi connectivity index (χ4n) is 7.36. The molecule has 5 aliphatic heterocycles. The molecule has 5 rings (SSSR count). The molecule has 7 heteroatoms. The summed E-state index contributed by atoms with van der Waals surface area (Å²) in [6.07, 6.45) is 14.0. The lowest BCUT2D eigenvalue weighted by atomic mass is 10.2. The highest BCUT2D eigenvalue weighted by atomic mass is 15.3. The van der Waals surface area contributed by atoms with Gasteiger partial charge in [0.1, 0.15) is 0 Å². The molecule has 0 aliphatic carbocycles. The van der Waals surface area contributed by atoms with Crippen molar-refractivity contribution in [1.29, 1.82) is 0 Å². The van der Waals surface area contributed by atoms with E-state index in [9.17, 15) is 0 Å². The molecule has 7 nitrogen and oxygen atoms in total. The first-order valence-corrected chi connectivity index (χ1v) is 17.3. The molecule has 0 N–H and O–H groups in total. The molecule has 5 aliphatic rings. The van der Waals surface area contributed by atoms with Crippen molar-refractivity contribution in [2.24, 2.45) is 0 Å². The molecule has 0 aromatic carbocycles. The largest absolute Gasteiger partial charge is 0.303 e. The van der Waals surface area contributed by atoms with Gasteiger partial charge in [0.15, 0.2) is 0 Å². The predicted molar refractivity (Wildman–Crippen MR) is 167 cm³/mol. The minimum atomic E-state index is 1.29.